The molecule has 1 amide bonds. The molecular weight excluding hydrogens is 424 g/mol. The lowest BCUT2D eigenvalue weighted by Gasteiger charge is -2.25. The number of sulfonamides is 1. The fraction of sp³-hybridized carbons (Fsp3) is 0.400. The van der Waals surface area contributed by atoms with Crippen molar-refractivity contribution in [2.45, 2.75) is 58.3 Å². The average molecular weight is 455 g/mol. The number of aryl methyl sites for hydroxylation is 3. The molecule has 1 N–H and O–H groups in total. The van der Waals surface area contributed by atoms with Crippen molar-refractivity contribution in [3.8, 4) is 0 Å². The highest BCUT2D eigenvalue weighted by Gasteiger charge is 2.30. The number of nitrogens with one attached hydrogen (secondary N) is 1. The molecule has 1 aromatic heterocycles. The van der Waals surface area contributed by atoms with Crippen LogP contribution in [0, 0.1) is 20.8 Å². The van der Waals surface area contributed by atoms with Gasteiger partial charge in [-0.3, -0.25) is 9.52 Å². The van der Waals surface area contributed by atoms with Crippen LogP contribution in [0.5, 0.6) is 0 Å². The first-order valence-electron chi connectivity index (χ1n) is 11.2. The fourth-order valence-corrected chi connectivity index (χ4v) is 5.87. The molecule has 0 atom stereocenters. The molecule has 1 fully saturated rings. The molecular formula is C25H30N2O4S. The molecule has 7 heteroatoms. The molecule has 2 heterocycles. The van der Waals surface area contributed by atoms with Crippen molar-refractivity contribution in [3.05, 3.63) is 58.3 Å². The average Bonchev–Trinajstić information content (AvgIpc) is 3.09. The van der Waals surface area contributed by atoms with Crippen molar-refractivity contribution in [2.75, 3.05) is 17.8 Å². The number of amides is 1. The Hall–Kier alpha value is -2.80. The van der Waals surface area contributed by atoms with Gasteiger partial charge < -0.3 is 9.32 Å². The first-order valence-corrected chi connectivity index (χ1v) is 12.7. The Bertz CT molecular complexity index is 1290. The minimum atomic E-state index is -3.94. The maximum Gasteiger partial charge on any atom is 0.289 e. The van der Waals surface area contributed by atoms with Crippen LogP contribution in [0.2, 0.25) is 0 Å². The molecule has 2 aromatic carbocycles. The molecule has 0 unspecified atom stereocenters. The molecule has 0 aliphatic carbocycles. The van der Waals surface area contributed by atoms with Gasteiger partial charge in [0.15, 0.2) is 11.3 Å². The second-order valence-electron chi connectivity index (χ2n) is 8.59. The highest BCUT2D eigenvalue weighted by molar-refractivity contribution is 7.93. The summed E-state index contributed by atoms with van der Waals surface area (Å²) < 4.78 is 35.8. The predicted octanol–water partition coefficient (Wildman–Crippen LogP) is 5.35. The third kappa shape index (κ3) is 4.01. The molecule has 32 heavy (non-hydrogen) atoms. The number of rotatable bonds is 5. The molecule has 0 saturated carbocycles. The zero-order chi connectivity index (χ0) is 23.0. The van der Waals surface area contributed by atoms with E-state index in [1.165, 1.54) is 0 Å². The first-order chi connectivity index (χ1) is 15.2. The lowest BCUT2D eigenvalue weighted by Crippen LogP contribution is -2.35. The quantitative estimate of drug-likeness (QED) is 0.564. The van der Waals surface area contributed by atoms with E-state index in [1.54, 1.807) is 17.9 Å². The predicted molar refractivity (Wildman–Crippen MR) is 127 cm³/mol. The summed E-state index contributed by atoms with van der Waals surface area (Å²) in [5.74, 6) is 0.0667. The summed E-state index contributed by atoms with van der Waals surface area (Å²) in [7, 11) is -3.94. The fourth-order valence-electron chi connectivity index (χ4n) is 4.37. The van der Waals surface area contributed by atoms with E-state index in [0.717, 1.165) is 36.8 Å². The van der Waals surface area contributed by atoms with Gasteiger partial charge in [0.2, 0.25) is 0 Å². The van der Waals surface area contributed by atoms with Crippen molar-refractivity contribution in [3.63, 3.8) is 0 Å². The Labute approximate surface area is 189 Å². The summed E-state index contributed by atoms with van der Waals surface area (Å²) in [6.07, 6.45) is 3.88. The number of likely N-dealkylation sites (tertiary alicyclic amines) is 1. The highest BCUT2D eigenvalue weighted by atomic mass is 32.2. The van der Waals surface area contributed by atoms with Crippen LogP contribution in [0.1, 0.15) is 59.0 Å². The van der Waals surface area contributed by atoms with Crippen molar-refractivity contribution in [1.82, 2.24) is 4.90 Å². The largest absolute Gasteiger partial charge is 0.449 e. The number of fused-ring (bicyclic) bond motifs is 1. The Kier molecular flexibility index (Phi) is 6.03. The zero-order valence-electron chi connectivity index (χ0n) is 19.1. The summed E-state index contributed by atoms with van der Waals surface area (Å²) >= 11 is 0. The highest BCUT2D eigenvalue weighted by Crippen LogP contribution is 2.36. The number of hydrogen-bond donors (Lipinski definition) is 1. The maximum atomic E-state index is 13.5. The van der Waals surface area contributed by atoms with Gasteiger partial charge >= 0.3 is 0 Å². The van der Waals surface area contributed by atoms with Crippen LogP contribution in [0.25, 0.3) is 11.0 Å². The van der Waals surface area contributed by atoms with E-state index in [0.29, 0.717) is 35.3 Å². The van der Waals surface area contributed by atoms with Gasteiger partial charge in [-0.15, -0.1) is 0 Å². The van der Waals surface area contributed by atoms with Crippen molar-refractivity contribution in [2.24, 2.45) is 0 Å². The molecule has 0 spiro atoms. The van der Waals surface area contributed by atoms with Gasteiger partial charge in [0, 0.05) is 29.7 Å². The first kappa shape index (κ1) is 22.4. The number of carbonyl (C=O) groups is 1. The number of nitrogens with zero attached hydrogens (tertiary/aromatic N) is 1. The maximum absolute atomic E-state index is 13.5. The summed E-state index contributed by atoms with van der Waals surface area (Å²) in [6.45, 7) is 8.91. The van der Waals surface area contributed by atoms with Gasteiger partial charge in [-0.2, -0.15) is 0 Å². The van der Waals surface area contributed by atoms with Gasteiger partial charge in [-0.25, -0.2) is 8.42 Å². The second-order valence-corrected chi connectivity index (χ2v) is 10.2. The number of benzene rings is 2. The van der Waals surface area contributed by atoms with E-state index in [4.69, 9.17) is 4.42 Å². The molecule has 170 valence electrons. The topological polar surface area (TPSA) is 79.6 Å². The number of anilines is 1. The van der Waals surface area contributed by atoms with Crippen LogP contribution in [0.4, 0.5) is 5.69 Å². The standard InChI is InChI=1S/C25H30N2O4S/c1-5-19-10-9-11-20(15-19)26-32(29,30)24-17(3)16(2)14-21-18(4)22(31-23(21)24)25(28)27-12-7-6-8-13-27/h9-11,14-15,26H,5-8,12-13H2,1-4H3. The number of piperidine rings is 1. The SMILES string of the molecule is CCc1cccc(NS(=O)(=O)c2c(C)c(C)cc3c(C)c(C(=O)N4CCCCC4)oc23)c1. The van der Waals surface area contributed by atoms with E-state index in [-0.39, 0.29) is 22.1 Å². The smallest absolute Gasteiger partial charge is 0.289 e. The third-order valence-corrected chi connectivity index (χ3v) is 7.92. The van der Waals surface area contributed by atoms with Crippen LogP contribution in [-0.4, -0.2) is 32.3 Å². The van der Waals surface area contributed by atoms with E-state index in [2.05, 4.69) is 4.72 Å². The Morgan fingerprint density at radius 1 is 1.06 bits per heavy atom. The third-order valence-electron chi connectivity index (χ3n) is 6.39. The van der Waals surface area contributed by atoms with Crippen molar-refractivity contribution >= 4 is 32.6 Å². The van der Waals surface area contributed by atoms with Crippen LogP contribution in [0.15, 0.2) is 39.6 Å². The van der Waals surface area contributed by atoms with Crippen LogP contribution < -0.4 is 4.72 Å². The minimum absolute atomic E-state index is 0.0928. The van der Waals surface area contributed by atoms with Crippen LogP contribution in [0.3, 0.4) is 0 Å². The van der Waals surface area contributed by atoms with E-state index in [9.17, 15) is 13.2 Å². The molecule has 6 nitrogen and oxygen atoms in total. The van der Waals surface area contributed by atoms with Crippen LogP contribution >= 0.6 is 0 Å². The second kappa shape index (κ2) is 8.62. The summed E-state index contributed by atoms with van der Waals surface area (Å²) in [6, 6.07) is 9.27. The van der Waals surface area contributed by atoms with Gasteiger partial charge in [-0.1, -0.05) is 19.1 Å². The van der Waals surface area contributed by atoms with Gasteiger partial charge in [0.25, 0.3) is 15.9 Å². The summed E-state index contributed by atoms with van der Waals surface area (Å²) in [4.78, 5) is 15.0. The van der Waals surface area contributed by atoms with Gasteiger partial charge in [-0.05, 0) is 81.3 Å². The molecule has 1 aliphatic heterocycles. The molecule has 1 saturated heterocycles. The monoisotopic (exact) mass is 454 g/mol. The van der Waals surface area contributed by atoms with Crippen molar-refractivity contribution < 1.29 is 17.6 Å². The van der Waals surface area contributed by atoms with E-state index >= 15 is 0 Å². The minimum Gasteiger partial charge on any atom is -0.449 e. The zero-order valence-corrected chi connectivity index (χ0v) is 19.9. The Morgan fingerprint density at radius 3 is 2.47 bits per heavy atom. The molecule has 1 aliphatic rings. The number of furan rings is 1. The lowest BCUT2D eigenvalue weighted by atomic mass is 10.0. The van der Waals surface area contributed by atoms with E-state index < -0.39 is 10.0 Å². The summed E-state index contributed by atoms with van der Waals surface area (Å²) in [5.41, 5.74) is 3.92. The van der Waals surface area contributed by atoms with Gasteiger partial charge in [0.1, 0.15) is 4.90 Å². The molecule has 3 aromatic rings. The Balaban J connectivity index is 1.83. The normalized spacial score (nSPS) is 14.7. The summed E-state index contributed by atoms with van der Waals surface area (Å²) in [5, 5.41) is 0.663. The lowest BCUT2D eigenvalue weighted by molar-refractivity contribution is 0.0693. The number of carbonyl (C=O) groups excluding carboxylic acids is 1. The molecule has 4 rings (SSSR count). The van der Waals surface area contributed by atoms with E-state index in [1.807, 2.05) is 45.0 Å². The van der Waals surface area contributed by atoms with Crippen molar-refractivity contribution in [1.29, 1.82) is 0 Å². The molecule has 0 radical (unpaired) electrons. The number of hydrogen-bond acceptors (Lipinski definition) is 4. The Morgan fingerprint density at radius 2 is 1.78 bits per heavy atom. The molecule has 0 bridgehead atoms. The van der Waals surface area contributed by atoms with Gasteiger partial charge in [0.05, 0.1) is 0 Å². The van der Waals surface area contributed by atoms with Crippen LogP contribution in [-0.2, 0) is 16.4 Å².